The molecule has 1 rings (SSSR count). The Bertz CT molecular complexity index is 316. The maximum absolute atomic E-state index is 10.5. The van der Waals surface area contributed by atoms with E-state index in [1.807, 2.05) is 0 Å². The van der Waals surface area contributed by atoms with Gasteiger partial charge in [-0.2, -0.15) is 0 Å². The molecule has 0 unspecified atom stereocenters. The number of amides is 1. The van der Waals surface area contributed by atoms with Crippen molar-refractivity contribution in [2.24, 2.45) is 0 Å². The lowest BCUT2D eigenvalue weighted by molar-refractivity contribution is -0.114. The van der Waals surface area contributed by atoms with Crippen molar-refractivity contribution in [1.29, 1.82) is 0 Å². The summed E-state index contributed by atoms with van der Waals surface area (Å²) in [6.07, 6.45) is 1.60. The summed E-state index contributed by atoms with van der Waals surface area (Å²) < 4.78 is 0.964. The minimum Gasteiger partial charge on any atom is -0.464 e. The van der Waals surface area contributed by atoms with Crippen molar-refractivity contribution in [2.75, 3.05) is 5.32 Å². The first-order valence-corrected chi connectivity index (χ1v) is 3.28. The van der Waals surface area contributed by atoms with Crippen molar-refractivity contribution >= 4 is 17.7 Å². The number of carbonyl (C=O) groups is 2. The number of carboxylic acid groups (broad SMARTS) is 1. The second kappa shape index (κ2) is 3.08. The number of hydrogen-bond acceptors (Lipinski definition) is 2. The molecule has 1 aromatic rings. The first kappa shape index (κ1) is 8.32. The molecule has 12 heavy (non-hydrogen) atoms. The molecule has 0 aliphatic heterocycles. The van der Waals surface area contributed by atoms with Gasteiger partial charge in [0.15, 0.2) is 0 Å². The van der Waals surface area contributed by atoms with Crippen LogP contribution in [0.4, 0.5) is 10.5 Å². The second-order valence-electron chi connectivity index (χ2n) is 2.27. The Morgan fingerprint density at radius 2 is 2.25 bits per heavy atom. The van der Waals surface area contributed by atoms with Crippen LogP contribution in [-0.4, -0.2) is 21.7 Å². The van der Waals surface area contributed by atoms with Gasteiger partial charge in [-0.15, -0.1) is 0 Å². The smallest absolute Gasteiger partial charge is 0.415 e. The third-order valence-corrected chi connectivity index (χ3v) is 1.23. The number of hydrogen-bond donors (Lipinski definition) is 2. The molecule has 0 aliphatic rings. The Labute approximate surface area is 68.6 Å². The van der Waals surface area contributed by atoms with Crippen LogP contribution < -0.4 is 5.32 Å². The molecule has 1 heterocycles. The first-order valence-electron chi connectivity index (χ1n) is 3.28. The van der Waals surface area contributed by atoms with Crippen LogP contribution >= 0.6 is 0 Å². The monoisotopic (exact) mass is 168 g/mol. The van der Waals surface area contributed by atoms with Gasteiger partial charge in [0, 0.05) is 19.3 Å². The van der Waals surface area contributed by atoms with Crippen LogP contribution in [0, 0.1) is 0 Å². The summed E-state index contributed by atoms with van der Waals surface area (Å²) in [4.78, 5) is 20.9. The van der Waals surface area contributed by atoms with E-state index < -0.39 is 6.09 Å². The number of rotatable bonds is 1. The highest BCUT2D eigenvalue weighted by Gasteiger charge is 2.02. The van der Waals surface area contributed by atoms with Crippen LogP contribution in [-0.2, 0) is 4.79 Å². The molecular formula is C7H8N2O3. The third kappa shape index (κ3) is 1.85. The summed E-state index contributed by atoms with van der Waals surface area (Å²) in [5, 5.41) is 10.9. The van der Waals surface area contributed by atoms with Gasteiger partial charge in [-0.05, 0) is 6.07 Å². The molecule has 0 aromatic carbocycles. The highest BCUT2D eigenvalue weighted by atomic mass is 16.4. The van der Waals surface area contributed by atoms with E-state index in [9.17, 15) is 9.59 Å². The minimum absolute atomic E-state index is 0.224. The fourth-order valence-electron chi connectivity index (χ4n) is 0.793. The van der Waals surface area contributed by atoms with Gasteiger partial charge in [0.25, 0.3) is 0 Å². The summed E-state index contributed by atoms with van der Waals surface area (Å²) in [5.74, 6) is -0.224. The molecule has 0 bridgehead atoms. The van der Waals surface area contributed by atoms with Crippen molar-refractivity contribution in [3.8, 4) is 0 Å². The zero-order chi connectivity index (χ0) is 9.14. The largest absolute Gasteiger partial charge is 0.464 e. The number of nitrogens with zero attached hydrogens (tertiary/aromatic N) is 1. The summed E-state index contributed by atoms with van der Waals surface area (Å²) >= 11 is 0. The number of anilines is 1. The Balaban J connectivity index is 2.77. The van der Waals surface area contributed by atoms with Gasteiger partial charge in [-0.3, -0.25) is 9.36 Å². The van der Waals surface area contributed by atoms with E-state index >= 15 is 0 Å². The standard InChI is InChI=1S/C7H8N2O3/c1-5(10)8-6-2-3-9(4-6)7(11)12/h2-4H,1H3,(H,8,10)(H,11,12). The predicted molar refractivity (Wildman–Crippen MR) is 42.2 cm³/mol. The molecule has 0 spiro atoms. The van der Waals surface area contributed by atoms with Gasteiger partial charge in [-0.1, -0.05) is 0 Å². The van der Waals surface area contributed by atoms with E-state index in [4.69, 9.17) is 5.11 Å². The zero-order valence-electron chi connectivity index (χ0n) is 6.44. The van der Waals surface area contributed by atoms with E-state index in [1.54, 1.807) is 0 Å². The lowest BCUT2D eigenvalue weighted by Crippen LogP contribution is -2.06. The average Bonchev–Trinajstić information content (AvgIpc) is 2.34. The maximum Gasteiger partial charge on any atom is 0.415 e. The fraction of sp³-hybridized carbons (Fsp3) is 0.143. The second-order valence-corrected chi connectivity index (χ2v) is 2.27. The van der Waals surface area contributed by atoms with Crippen LogP contribution in [0.5, 0.6) is 0 Å². The molecule has 0 saturated carbocycles. The topological polar surface area (TPSA) is 71.3 Å². The van der Waals surface area contributed by atoms with Gasteiger partial charge < -0.3 is 10.4 Å². The van der Waals surface area contributed by atoms with E-state index in [1.165, 1.54) is 25.4 Å². The third-order valence-electron chi connectivity index (χ3n) is 1.23. The molecule has 0 aliphatic carbocycles. The Hall–Kier alpha value is -1.78. The molecule has 1 aromatic heterocycles. The lowest BCUT2D eigenvalue weighted by atomic mass is 10.5. The van der Waals surface area contributed by atoms with Gasteiger partial charge >= 0.3 is 6.09 Å². The van der Waals surface area contributed by atoms with Crippen LogP contribution in [0.1, 0.15) is 6.92 Å². The Kier molecular flexibility index (Phi) is 2.14. The Morgan fingerprint density at radius 1 is 1.58 bits per heavy atom. The highest BCUT2D eigenvalue weighted by molar-refractivity contribution is 5.89. The van der Waals surface area contributed by atoms with E-state index in [0.29, 0.717) is 5.69 Å². The highest BCUT2D eigenvalue weighted by Crippen LogP contribution is 2.06. The number of aromatic nitrogens is 1. The van der Waals surface area contributed by atoms with Crippen molar-refractivity contribution in [3.05, 3.63) is 18.5 Å². The van der Waals surface area contributed by atoms with Crippen LogP contribution in [0.15, 0.2) is 18.5 Å². The summed E-state index contributed by atoms with van der Waals surface area (Å²) in [5.41, 5.74) is 0.477. The molecule has 64 valence electrons. The quantitative estimate of drug-likeness (QED) is 0.656. The molecule has 1 amide bonds. The molecule has 0 fully saturated rings. The fourth-order valence-corrected chi connectivity index (χ4v) is 0.793. The zero-order valence-corrected chi connectivity index (χ0v) is 6.44. The SMILES string of the molecule is CC(=O)Nc1ccn(C(=O)O)c1. The first-order chi connectivity index (χ1) is 5.59. The molecule has 5 heteroatoms. The van der Waals surface area contributed by atoms with Gasteiger partial charge in [0.2, 0.25) is 5.91 Å². The number of carbonyl (C=O) groups excluding carboxylic acids is 1. The van der Waals surface area contributed by atoms with Crippen molar-refractivity contribution < 1.29 is 14.7 Å². The summed E-state index contributed by atoms with van der Waals surface area (Å²) in [7, 11) is 0. The van der Waals surface area contributed by atoms with Gasteiger partial charge in [0.1, 0.15) is 0 Å². The average molecular weight is 168 g/mol. The maximum atomic E-state index is 10.5. The van der Waals surface area contributed by atoms with E-state index in [2.05, 4.69) is 5.32 Å². The van der Waals surface area contributed by atoms with Crippen LogP contribution in [0.25, 0.3) is 0 Å². The van der Waals surface area contributed by atoms with Crippen molar-refractivity contribution in [3.63, 3.8) is 0 Å². The normalized spacial score (nSPS) is 9.42. The lowest BCUT2D eigenvalue weighted by Gasteiger charge is -1.94. The van der Waals surface area contributed by atoms with Gasteiger partial charge in [0.05, 0.1) is 5.69 Å². The predicted octanol–water partition coefficient (Wildman–Crippen LogP) is 0.973. The summed E-state index contributed by atoms with van der Waals surface area (Å²) in [6.45, 7) is 1.36. The van der Waals surface area contributed by atoms with Crippen LogP contribution in [0.2, 0.25) is 0 Å². The minimum atomic E-state index is -1.08. The van der Waals surface area contributed by atoms with E-state index in [-0.39, 0.29) is 5.91 Å². The van der Waals surface area contributed by atoms with Crippen molar-refractivity contribution in [1.82, 2.24) is 4.57 Å². The number of nitrogens with one attached hydrogen (secondary N) is 1. The molecule has 0 atom stereocenters. The summed E-state index contributed by atoms with van der Waals surface area (Å²) in [6, 6.07) is 1.51. The molecular weight excluding hydrogens is 160 g/mol. The van der Waals surface area contributed by atoms with Crippen LogP contribution in [0.3, 0.4) is 0 Å². The molecule has 2 N–H and O–H groups in total. The molecule has 0 radical (unpaired) electrons. The molecule has 5 nitrogen and oxygen atoms in total. The van der Waals surface area contributed by atoms with E-state index in [0.717, 1.165) is 4.57 Å². The van der Waals surface area contributed by atoms with Crippen molar-refractivity contribution in [2.45, 2.75) is 6.92 Å². The molecule has 0 saturated heterocycles. The Morgan fingerprint density at radius 3 is 2.67 bits per heavy atom. The van der Waals surface area contributed by atoms with Gasteiger partial charge in [-0.25, -0.2) is 4.79 Å².